The number of likely N-dealkylation sites (N-methyl/N-ethyl adjacent to an activating group) is 2. The normalized spacial score (nSPS) is 11.8. The van der Waals surface area contributed by atoms with Gasteiger partial charge in [0.25, 0.3) is 0 Å². The Kier molecular flexibility index (Phi) is 5.38. The zero-order valence-electron chi connectivity index (χ0n) is 13.7. The Bertz CT molecular complexity index is 798. The van der Waals surface area contributed by atoms with Crippen LogP contribution >= 0.6 is 0 Å². The van der Waals surface area contributed by atoms with Crippen molar-refractivity contribution in [2.75, 3.05) is 26.7 Å². The summed E-state index contributed by atoms with van der Waals surface area (Å²) in [4.78, 5) is 13.9. The number of rotatable bonds is 6. The quantitative estimate of drug-likeness (QED) is 0.815. The van der Waals surface area contributed by atoms with Crippen molar-refractivity contribution < 1.29 is 13.2 Å². The van der Waals surface area contributed by atoms with E-state index in [0.29, 0.717) is 13.1 Å². The van der Waals surface area contributed by atoms with Crippen molar-refractivity contribution in [3.8, 4) is 0 Å². The van der Waals surface area contributed by atoms with Gasteiger partial charge < -0.3 is 4.90 Å². The lowest BCUT2D eigenvalue weighted by Gasteiger charge is -2.23. The molecule has 6 heteroatoms. The molecule has 2 rings (SSSR count). The summed E-state index contributed by atoms with van der Waals surface area (Å²) in [6, 6.07) is 12.6. The first-order chi connectivity index (χ1) is 10.9. The fourth-order valence-electron chi connectivity index (χ4n) is 2.46. The molecule has 0 spiro atoms. The summed E-state index contributed by atoms with van der Waals surface area (Å²) in [5.41, 5.74) is 0. The van der Waals surface area contributed by atoms with Crippen molar-refractivity contribution in [2.45, 2.75) is 18.7 Å². The van der Waals surface area contributed by atoms with Gasteiger partial charge in [-0.3, -0.25) is 4.79 Å². The molecule has 0 fully saturated rings. The first-order valence-electron chi connectivity index (χ1n) is 7.63. The molecule has 0 radical (unpaired) electrons. The average Bonchev–Trinajstić information content (AvgIpc) is 2.55. The highest BCUT2D eigenvalue weighted by atomic mass is 32.2. The van der Waals surface area contributed by atoms with E-state index in [0.717, 1.165) is 15.1 Å². The molecule has 0 unspecified atom stereocenters. The van der Waals surface area contributed by atoms with Crippen molar-refractivity contribution >= 4 is 26.7 Å². The lowest BCUT2D eigenvalue weighted by molar-refractivity contribution is -0.130. The molecular weight excluding hydrogens is 312 g/mol. The molecule has 0 saturated heterocycles. The highest BCUT2D eigenvalue weighted by Gasteiger charge is 2.24. The SMILES string of the molecule is CCN(CC)C(=O)CN(C)S(=O)(=O)c1ccc2ccccc2c1. The van der Waals surface area contributed by atoms with Crippen LogP contribution in [0, 0.1) is 0 Å². The second-order valence-corrected chi connectivity index (χ2v) is 7.38. The minimum Gasteiger partial charge on any atom is -0.342 e. The zero-order chi connectivity index (χ0) is 17.0. The predicted octanol–water partition coefficient (Wildman–Crippen LogP) is 2.33. The third kappa shape index (κ3) is 3.71. The average molecular weight is 334 g/mol. The molecule has 0 bridgehead atoms. The number of amides is 1. The van der Waals surface area contributed by atoms with Gasteiger partial charge in [-0.15, -0.1) is 0 Å². The lowest BCUT2D eigenvalue weighted by Crippen LogP contribution is -2.40. The molecular formula is C17H22N2O3S. The van der Waals surface area contributed by atoms with Crippen LogP contribution in [0.25, 0.3) is 10.8 Å². The molecule has 2 aromatic rings. The van der Waals surface area contributed by atoms with Crippen LogP contribution in [-0.4, -0.2) is 50.2 Å². The van der Waals surface area contributed by atoms with Gasteiger partial charge in [0.05, 0.1) is 11.4 Å². The Morgan fingerprint density at radius 3 is 2.22 bits per heavy atom. The molecule has 0 aliphatic rings. The van der Waals surface area contributed by atoms with E-state index in [2.05, 4.69) is 0 Å². The van der Waals surface area contributed by atoms with Gasteiger partial charge in [0.2, 0.25) is 15.9 Å². The van der Waals surface area contributed by atoms with E-state index in [1.54, 1.807) is 23.1 Å². The Hall–Kier alpha value is -1.92. The first kappa shape index (κ1) is 17.4. The van der Waals surface area contributed by atoms with E-state index in [1.807, 2.05) is 38.1 Å². The number of sulfonamides is 1. The van der Waals surface area contributed by atoms with Crippen molar-refractivity contribution in [2.24, 2.45) is 0 Å². The van der Waals surface area contributed by atoms with Gasteiger partial charge in [0.15, 0.2) is 0 Å². The van der Waals surface area contributed by atoms with Crippen molar-refractivity contribution in [3.63, 3.8) is 0 Å². The van der Waals surface area contributed by atoms with E-state index in [9.17, 15) is 13.2 Å². The number of hydrogen-bond acceptors (Lipinski definition) is 3. The number of fused-ring (bicyclic) bond motifs is 1. The van der Waals surface area contributed by atoms with Gasteiger partial charge in [0.1, 0.15) is 0 Å². The zero-order valence-corrected chi connectivity index (χ0v) is 14.5. The summed E-state index contributed by atoms with van der Waals surface area (Å²) in [6.45, 7) is 4.73. The molecule has 23 heavy (non-hydrogen) atoms. The maximum absolute atomic E-state index is 12.7. The molecule has 0 aliphatic heterocycles. The van der Waals surface area contributed by atoms with Crippen molar-refractivity contribution in [1.82, 2.24) is 9.21 Å². The third-order valence-corrected chi connectivity index (χ3v) is 5.70. The van der Waals surface area contributed by atoms with E-state index in [-0.39, 0.29) is 17.3 Å². The molecule has 5 nitrogen and oxygen atoms in total. The number of benzene rings is 2. The Balaban J connectivity index is 2.26. The monoisotopic (exact) mass is 334 g/mol. The summed E-state index contributed by atoms with van der Waals surface area (Å²) in [5.74, 6) is -0.193. The fraction of sp³-hybridized carbons (Fsp3) is 0.353. The molecule has 124 valence electrons. The number of hydrogen-bond donors (Lipinski definition) is 0. The van der Waals surface area contributed by atoms with Crippen LogP contribution in [0.15, 0.2) is 47.4 Å². The third-order valence-electron chi connectivity index (χ3n) is 3.90. The molecule has 0 saturated carbocycles. The second kappa shape index (κ2) is 7.10. The first-order valence-corrected chi connectivity index (χ1v) is 9.07. The van der Waals surface area contributed by atoms with Gasteiger partial charge in [0, 0.05) is 20.1 Å². The van der Waals surface area contributed by atoms with Crippen molar-refractivity contribution in [3.05, 3.63) is 42.5 Å². The van der Waals surface area contributed by atoms with Crippen LogP contribution in [-0.2, 0) is 14.8 Å². The van der Waals surface area contributed by atoms with Gasteiger partial charge in [-0.25, -0.2) is 8.42 Å². The smallest absolute Gasteiger partial charge is 0.243 e. The Labute approximate surface area is 137 Å². The van der Waals surface area contributed by atoms with Gasteiger partial charge >= 0.3 is 0 Å². The number of carbonyl (C=O) groups is 1. The largest absolute Gasteiger partial charge is 0.342 e. The summed E-state index contributed by atoms with van der Waals surface area (Å²) in [5, 5.41) is 1.84. The Morgan fingerprint density at radius 1 is 1.00 bits per heavy atom. The fourth-order valence-corrected chi connectivity index (χ4v) is 3.62. The van der Waals surface area contributed by atoms with Crippen LogP contribution in [0.5, 0.6) is 0 Å². The van der Waals surface area contributed by atoms with E-state index >= 15 is 0 Å². The molecule has 0 heterocycles. The van der Waals surface area contributed by atoms with Crippen LogP contribution in [0.4, 0.5) is 0 Å². The van der Waals surface area contributed by atoms with Gasteiger partial charge in [-0.2, -0.15) is 4.31 Å². The van der Waals surface area contributed by atoms with E-state index in [1.165, 1.54) is 7.05 Å². The Morgan fingerprint density at radius 2 is 1.61 bits per heavy atom. The molecule has 1 amide bonds. The summed E-state index contributed by atoms with van der Waals surface area (Å²) in [6.07, 6.45) is 0. The summed E-state index contributed by atoms with van der Waals surface area (Å²) >= 11 is 0. The highest BCUT2D eigenvalue weighted by Crippen LogP contribution is 2.21. The molecule has 2 aromatic carbocycles. The summed E-state index contributed by atoms with van der Waals surface area (Å²) in [7, 11) is -2.25. The minimum absolute atomic E-state index is 0.156. The predicted molar refractivity (Wildman–Crippen MR) is 91.7 cm³/mol. The minimum atomic E-state index is -3.69. The standard InChI is InChI=1S/C17H22N2O3S/c1-4-19(5-2)17(20)13-18(3)23(21,22)16-11-10-14-8-6-7-9-15(14)12-16/h6-12H,4-5,13H2,1-3H3. The van der Waals surface area contributed by atoms with E-state index in [4.69, 9.17) is 0 Å². The molecule has 0 N–H and O–H groups in total. The topological polar surface area (TPSA) is 57.7 Å². The second-order valence-electron chi connectivity index (χ2n) is 5.34. The molecule has 0 aliphatic carbocycles. The van der Waals surface area contributed by atoms with Crippen LogP contribution < -0.4 is 0 Å². The highest BCUT2D eigenvalue weighted by molar-refractivity contribution is 7.89. The number of carbonyl (C=O) groups excluding carboxylic acids is 1. The van der Waals surface area contributed by atoms with Crippen LogP contribution in [0.1, 0.15) is 13.8 Å². The van der Waals surface area contributed by atoms with Crippen molar-refractivity contribution in [1.29, 1.82) is 0 Å². The molecule has 0 atom stereocenters. The van der Waals surface area contributed by atoms with Gasteiger partial charge in [-0.05, 0) is 36.8 Å². The van der Waals surface area contributed by atoms with Crippen LogP contribution in [0.3, 0.4) is 0 Å². The number of nitrogens with zero attached hydrogens (tertiary/aromatic N) is 2. The molecule has 0 aromatic heterocycles. The maximum atomic E-state index is 12.7. The maximum Gasteiger partial charge on any atom is 0.243 e. The van der Waals surface area contributed by atoms with Crippen LogP contribution in [0.2, 0.25) is 0 Å². The lowest BCUT2D eigenvalue weighted by atomic mass is 10.1. The summed E-state index contributed by atoms with van der Waals surface area (Å²) < 4.78 is 26.4. The van der Waals surface area contributed by atoms with Gasteiger partial charge in [-0.1, -0.05) is 30.3 Å². The van der Waals surface area contributed by atoms with E-state index < -0.39 is 10.0 Å².